The maximum Gasteiger partial charge on any atom is 0.294 e. The van der Waals surface area contributed by atoms with Crippen molar-refractivity contribution in [3.8, 4) is 5.75 Å². The number of anilines is 1. The number of hydrogen-bond donors (Lipinski definition) is 0. The summed E-state index contributed by atoms with van der Waals surface area (Å²) in [6.45, 7) is 6.09. The lowest BCUT2D eigenvalue weighted by atomic mass is 9.88. The number of benzene rings is 1. The van der Waals surface area contributed by atoms with Crippen LogP contribution in [0.2, 0.25) is 0 Å². The molecule has 1 amide bonds. The molecule has 0 N–H and O–H groups in total. The molecule has 1 aliphatic rings. The Balaban J connectivity index is 2.16. The number of amides is 1. The predicted molar refractivity (Wildman–Crippen MR) is 86.2 cm³/mol. The molecule has 2 aromatic rings. The molecule has 2 heterocycles. The molecule has 0 bridgehead atoms. The largest absolute Gasteiger partial charge is 0.497 e. The molecule has 0 radical (unpaired) electrons. The first kappa shape index (κ1) is 14.4. The van der Waals surface area contributed by atoms with Crippen molar-refractivity contribution in [3.63, 3.8) is 0 Å². The number of hydrogen-bond acceptors (Lipinski definition) is 3. The van der Waals surface area contributed by atoms with Crippen LogP contribution < -0.4 is 9.64 Å². The van der Waals surface area contributed by atoms with Crippen LogP contribution in [0.5, 0.6) is 5.75 Å². The Labute approximate surface area is 130 Å². The zero-order valence-electron chi connectivity index (χ0n) is 13.2. The first-order valence-corrected chi connectivity index (χ1v) is 7.20. The summed E-state index contributed by atoms with van der Waals surface area (Å²) in [5.41, 5.74) is 2.56. The monoisotopic (exact) mass is 297 g/mol. The minimum absolute atomic E-state index is 0.148. The first-order chi connectivity index (χ1) is 10.4. The van der Waals surface area contributed by atoms with E-state index in [1.165, 1.54) is 6.26 Å². The first-order valence-electron chi connectivity index (χ1n) is 7.20. The van der Waals surface area contributed by atoms with Gasteiger partial charge >= 0.3 is 0 Å². The van der Waals surface area contributed by atoms with Gasteiger partial charge in [-0.1, -0.05) is 6.08 Å². The van der Waals surface area contributed by atoms with Crippen LogP contribution in [0.25, 0.3) is 5.57 Å². The normalized spacial score (nSPS) is 16.0. The fraction of sp³-hybridized carbons (Fsp3) is 0.278. The van der Waals surface area contributed by atoms with Crippen LogP contribution in [-0.4, -0.2) is 18.6 Å². The van der Waals surface area contributed by atoms with Gasteiger partial charge in [0.25, 0.3) is 5.91 Å². The molecule has 0 fully saturated rings. The van der Waals surface area contributed by atoms with Gasteiger partial charge in [-0.15, -0.1) is 0 Å². The van der Waals surface area contributed by atoms with Crippen LogP contribution >= 0.6 is 0 Å². The van der Waals surface area contributed by atoms with Gasteiger partial charge in [0.05, 0.1) is 24.6 Å². The quantitative estimate of drug-likeness (QED) is 0.837. The minimum atomic E-state index is -0.435. The van der Waals surface area contributed by atoms with Gasteiger partial charge in [-0.05, 0) is 56.7 Å². The second kappa shape index (κ2) is 5.05. The summed E-state index contributed by atoms with van der Waals surface area (Å²) in [7, 11) is 1.64. The molecular formula is C18H19NO3. The van der Waals surface area contributed by atoms with Crippen molar-refractivity contribution in [3.05, 3.63) is 54.0 Å². The highest BCUT2D eigenvalue weighted by Gasteiger charge is 2.37. The summed E-state index contributed by atoms with van der Waals surface area (Å²) in [5.74, 6) is 0.963. The SMILES string of the molecule is COc1ccc2c(c1)C(C)=CC(C)(C)N2C(=O)c1ccco1. The molecule has 22 heavy (non-hydrogen) atoms. The number of fused-ring (bicyclic) bond motifs is 1. The van der Waals surface area contributed by atoms with E-state index in [1.807, 2.05) is 32.0 Å². The topological polar surface area (TPSA) is 42.7 Å². The Bertz CT molecular complexity index is 742. The standard InChI is InChI=1S/C18H19NO3/c1-12-11-18(2,3)19(17(20)16-6-5-9-22-16)15-8-7-13(21-4)10-14(12)15/h5-11H,1-4H3. The average Bonchev–Trinajstić information content (AvgIpc) is 3.00. The van der Waals surface area contributed by atoms with Gasteiger partial charge in [-0.2, -0.15) is 0 Å². The molecule has 1 aliphatic heterocycles. The molecule has 0 saturated heterocycles. The molecule has 0 spiro atoms. The zero-order chi connectivity index (χ0) is 15.9. The molecule has 1 aromatic carbocycles. The average molecular weight is 297 g/mol. The van der Waals surface area contributed by atoms with Crippen LogP contribution in [0.1, 0.15) is 36.9 Å². The smallest absolute Gasteiger partial charge is 0.294 e. The van der Waals surface area contributed by atoms with Gasteiger partial charge < -0.3 is 9.15 Å². The van der Waals surface area contributed by atoms with Crippen molar-refractivity contribution in [2.24, 2.45) is 0 Å². The Morgan fingerprint density at radius 2 is 2.05 bits per heavy atom. The second-order valence-electron chi connectivity index (χ2n) is 5.98. The number of rotatable bonds is 2. The number of carbonyl (C=O) groups is 1. The molecule has 1 aromatic heterocycles. The number of methoxy groups -OCH3 is 1. The highest BCUT2D eigenvalue weighted by atomic mass is 16.5. The van der Waals surface area contributed by atoms with Gasteiger partial charge in [0.1, 0.15) is 5.75 Å². The molecule has 0 saturated carbocycles. The second-order valence-corrected chi connectivity index (χ2v) is 5.98. The van der Waals surface area contributed by atoms with Gasteiger partial charge in [-0.25, -0.2) is 0 Å². The van der Waals surface area contributed by atoms with Crippen LogP contribution in [-0.2, 0) is 0 Å². The van der Waals surface area contributed by atoms with E-state index < -0.39 is 5.54 Å². The van der Waals surface area contributed by atoms with Crippen molar-refractivity contribution >= 4 is 17.2 Å². The Morgan fingerprint density at radius 3 is 2.68 bits per heavy atom. The van der Waals surface area contributed by atoms with Crippen molar-refractivity contribution in [1.29, 1.82) is 0 Å². The van der Waals surface area contributed by atoms with E-state index in [2.05, 4.69) is 13.0 Å². The fourth-order valence-corrected chi connectivity index (χ4v) is 3.02. The van der Waals surface area contributed by atoms with E-state index in [9.17, 15) is 4.79 Å². The maximum atomic E-state index is 12.9. The summed E-state index contributed by atoms with van der Waals surface area (Å²) in [5, 5.41) is 0. The highest BCUT2D eigenvalue weighted by molar-refractivity contribution is 6.08. The molecule has 0 atom stereocenters. The van der Waals surface area contributed by atoms with E-state index in [1.54, 1.807) is 24.1 Å². The third kappa shape index (κ3) is 2.21. The van der Waals surface area contributed by atoms with Crippen LogP contribution in [0.15, 0.2) is 47.1 Å². The highest BCUT2D eigenvalue weighted by Crippen LogP contribution is 2.41. The van der Waals surface area contributed by atoms with Gasteiger partial charge in [-0.3, -0.25) is 9.69 Å². The van der Waals surface area contributed by atoms with Crippen LogP contribution in [0.4, 0.5) is 5.69 Å². The number of furan rings is 1. The molecule has 114 valence electrons. The molecule has 4 heteroatoms. The van der Waals surface area contributed by atoms with Gasteiger partial charge in [0, 0.05) is 5.56 Å². The van der Waals surface area contributed by atoms with Crippen LogP contribution in [0, 0.1) is 0 Å². The summed E-state index contributed by atoms with van der Waals surface area (Å²) >= 11 is 0. The Morgan fingerprint density at radius 1 is 1.27 bits per heavy atom. The van der Waals surface area contributed by atoms with E-state index in [0.717, 1.165) is 22.6 Å². The minimum Gasteiger partial charge on any atom is -0.497 e. The molecule has 0 aliphatic carbocycles. The maximum absolute atomic E-state index is 12.9. The number of carbonyl (C=O) groups excluding carboxylic acids is 1. The van der Waals surface area contributed by atoms with Crippen molar-refractivity contribution in [2.75, 3.05) is 12.0 Å². The van der Waals surface area contributed by atoms with Gasteiger partial charge in [0.2, 0.25) is 0 Å². The summed E-state index contributed by atoms with van der Waals surface area (Å²) in [6, 6.07) is 9.16. The predicted octanol–water partition coefficient (Wildman–Crippen LogP) is 4.13. The molecular weight excluding hydrogens is 278 g/mol. The Kier molecular flexibility index (Phi) is 3.32. The third-order valence-corrected chi connectivity index (χ3v) is 3.95. The van der Waals surface area contributed by atoms with E-state index >= 15 is 0 Å². The summed E-state index contributed by atoms with van der Waals surface area (Å²) in [6.07, 6.45) is 3.61. The number of nitrogens with zero attached hydrogens (tertiary/aromatic N) is 1. The molecule has 0 unspecified atom stereocenters. The molecule has 4 nitrogen and oxygen atoms in total. The van der Waals surface area contributed by atoms with E-state index in [4.69, 9.17) is 9.15 Å². The summed E-state index contributed by atoms with van der Waals surface area (Å²) < 4.78 is 10.6. The lowest BCUT2D eigenvalue weighted by molar-refractivity contribution is 0.0943. The zero-order valence-corrected chi connectivity index (χ0v) is 13.2. The van der Waals surface area contributed by atoms with Crippen molar-refractivity contribution in [2.45, 2.75) is 26.3 Å². The number of allylic oxidation sites excluding steroid dienone is 1. The van der Waals surface area contributed by atoms with E-state index in [-0.39, 0.29) is 5.91 Å². The lowest BCUT2D eigenvalue weighted by Crippen LogP contribution is -2.48. The van der Waals surface area contributed by atoms with E-state index in [0.29, 0.717) is 5.76 Å². The third-order valence-electron chi connectivity index (χ3n) is 3.95. The Hall–Kier alpha value is -2.49. The van der Waals surface area contributed by atoms with Crippen molar-refractivity contribution in [1.82, 2.24) is 0 Å². The van der Waals surface area contributed by atoms with Crippen molar-refractivity contribution < 1.29 is 13.9 Å². The van der Waals surface area contributed by atoms with Crippen LogP contribution in [0.3, 0.4) is 0 Å². The lowest BCUT2D eigenvalue weighted by Gasteiger charge is -2.41. The summed E-state index contributed by atoms with van der Waals surface area (Å²) in [4.78, 5) is 14.6. The number of ether oxygens (including phenoxy) is 1. The fourth-order valence-electron chi connectivity index (χ4n) is 3.02. The molecule has 3 rings (SSSR count). The van der Waals surface area contributed by atoms with Gasteiger partial charge in [0.15, 0.2) is 5.76 Å².